The van der Waals surface area contributed by atoms with Crippen LogP contribution in [0.1, 0.15) is 23.6 Å². The third-order valence-corrected chi connectivity index (χ3v) is 3.70. The normalized spacial score (nSPS) is 12.1. The summed E-state index contributed by atoms with van der Waals surface area (Å²) in [5, 5.41) is 0. The van der Waals surface area contributed by atoms with Crippen molar-refractivity contribution in [2.24, 2.45) is 0 Å². The quantitative estimate of drug-likeness (QED) is 0.736. The molecule has 0 saturated carbocycles. The van der Waals surface area contributed by atoms with Crippen LogP contribution < -0.4 is 4.74 Å². The predicted molar refractivity (Wildman–Crippen MR) is 80.9 cm³/mol. The van der Waals surface area contributed by atoms with Gasteiger partial charge in [-0.05, 0) is 24.1 Å². The van der Waals surface area contributed by atoms with Crippen LogP contribution in [0.4, 0.5) is 8.78 Å². The van der Waals surface area contributed by atoms with E-state index in [0.29, 0.717) is 33.4 Å². The molecule has 0 bridgehead atoms. The number of fused-ring (bicyclic) bond motifs is 3. The van der Waals surface area contributed by atoms with Gasteiger partial charge in [-0.25, -0.2) is 8.78 Å². The van der Waals surface area contributed by atoms with Gasteiger partial charge in [0.05, 0.1) is 0 Å². The van der Waals surface area contributed by atoms with E-state index < -0.39 is 5.82 Å². The maximum absolute atomic E-state index is 14.5. The Labute approximate surface area is 122 Å². The van der Waals surface area contributed by atoms with Gasteiger partial charge in [0.1, 0.15) is 12.4 Å². The summed E-state index contributed by atoms with van der Waals surface area (Å²) in [5.41, 5.74) is 3.14. The molecule has 0 fully saturated rings. The second kappa shape index (κ2) is 4.85. The molecule has 0 spiro atoms. The molecule has 0 atom stereocenters. The van der Waals surface area contributed by atoms with E-state index in [4.69, 9.17) is 4.74 Å². The standard InChI is InChI=1S/C18H14F2O/c1-4-11-5-6-14-13-8-7-12(10(2)3)17(20)15(13)9-21-18(14)16(11)19/h4-8H,1-2,9H2,3H3. The highest BCUT2D eigenvalue weighted by Crippen LogP contribution is 2.42. The summed E-state index contributed by atoms with van der Waals surface area (Å²) in [6.07, 6.45) is 1.43. The molecule has 0 amide bonds. The van der Waals surface area contributed by atoms with Crippen LogP contribution in [0.2, 0.25) is 0 Å². The highest BCUT2D eigenvalue weighted by Gasteiger charge is 2.25. The number of ether oxygens (including phenoxy) is 1. The lowest BCUT2D eigenvalue weighted by Crippen LogP contribution is -2.11. The molecule has 21 heavy (non-hydrogen) atoms. The lowest BCUT2D eigenvalue weighted by atomic mass is 9.92. The highest BCUT2D eigenvalue weighted by atomic mass is 19.1. The van der Waals surface area contributed by atoms with Gasteiger partial charge in [-0.2, -0.15) is 0 Å². The Bertz CT molecular complexity index is 775. The Morgan fingerprint density at radius 1 is 1.14 bits per heavy atom. The number of allylic oxidation sites excluding steroid dienone is 1. The fraction of sp³-hybridized carbons (Fsp3) is 0.111. The highest BCUT2D eigenvalue weighted by molar-refractivity contribution is 5.79. The molecular weight excluding hydrogens is 270 g/mol. The largest absolute Gasteiger partial charge is 0.485 e. The summed E-state index contributed by atoms with van der Waals surface area (Å²) >= 11 is 0. The average molecular weight is 284 g/mol. The van der Waals surface area contributed by atoms with Crippen LogP contribution in [0, 0.1) is 11.6 Å². The monoisotopic (exact) mass is 284 g/mol. The fourth-order valence-electron chi connectivity index (χ4n) is 2.57. The molecule has 0 saturated heterocycles. The molecule has 2 aromatic carbocycles. The van der Waals surface area contributed by atoms with E-state index in [9.17, 15) is 8.78 Å². The zero-order valence-corrected chi connectivity index (χ0v) is 11.7. The van der Waals surface area contributed by atoms with Crippen molar-refractivity contribution in [3.63, 3.8) is 0 Å². The Balaban J connectivity index is 2.25. The topological polar surface area (TPSA) is 9.23 Å². The SMILES string of the molecule is C=Cc1ccc2c(c1F)OCc1c-2ccc(C(=C)C)c1F. The first-order valence-electron chi connectivity index (χ1n) is 6.60. The molecule has 3 heteroatoms. The molecule has 0 unspecified atom stereocenters. The molecule has 2 aromatic rings. The van der Waals surface area contributed by atoms with Crippen LogP contribution in [0.25, 0.3) is 22.8 Å². The molecule has 0 radical (unpaired) electrons. The summed E-state index contributed by atoms with van der Waals surface area (Å²) in [4.78, 5) is 0. The molecule has 1 heterocycles. The minimum atomic E-state index is -0.461. The number of benzene rings is 2. The van der Waals surface area contributed by atoms with Crippen molar-refractivity contribution in [3.05, 3.63) is 65.7 Å². The van der Waals surface area contributed by atoms with Gasteiger partial charge in [-0.1, -0.05) is 37.4 Å². The van der Waals surface area contributed by atoms with Crippen molar-refractivity contribution in [1.29, 1.82) is 0 Å². The lowest BCUT2D eigenvalue weighted by Gasteiger charge is -2.23. The zero-order valence-electron chi connectivity index (χ0n) is 11.7. The minimum Gasteiger partial charge on any atom is -0.485 e. The lowest BCUT2D eigenvalue weighted by molar-refractivity contribution is 0.280. The first-order chi connectivity index (χ1) is 10.0. The summed E-state index contributed by atoms with van der Waals surface area (Å²) in [5.74, 6) is -0.654. The number of hydrogen-bond donors (Lipinski definition) is 0. The minimum absolute atomic E-state index is 0.00675. The summed E-state index contributed by atoms with van der Waals surface area (Å²) in [6.45, 7) is 9.08. The first kappa shape index (κ1) is 13.6. The first-order valence-corrected chi connectivity index (χ1v) is 6.60. The Hall–Kier alpha value is -2.42. The molecule has 1 aliphatic heterocycles. The summed E-state index contributed by atoms with van der Waals surface area (Å²) in [7, 11) is 0. The maximum Gasteiger partial charge on any atom is 0.172 e. The molecule has 3 rings (SSSR count). The Kier molecular flexibility index (Phi) is 3.13. The average Bonchev–Trinajstić information content (AvgIpc) is 2.47. The Morgan fingerprint density at radius 2 is 1.86 bits per heavy atom. The van der Waals surface area contributed by atoms with Gasteiger partial charge in [0.15, 0.2) is 11.6 Å². The van der Waals surface area contributed by atoms with Crippen LogP contribution in [-0.2, 0) is 6.61 Å². The molecule has 106 valence electrons. The van der Waals surface area contributed by atoms with Crippen molar-refractivity contribution in [3.8, 4) is 16.9 Å². The van der Waals surface area contributed by atoms with Crippen molar-refractivity contribution in [2.45, 2.75) is 13.5 Å². The van der Waals surface area contributed by atoms with Crippen LogP contribution in [-0.4, -0.2) is 0 Å². The van der Waals surface area contributed by atoms with E-state index in [1.807, 2.05) is 0 Å². The summed E-state index contributed by atoms with van der Waals surface area (Å²) in [6, 6.07) is 6.80. The maximum atomic E-state index is 14.5. The van der Waals surface area contributed by atoms with E-state index in [1.165, 1.54) is 6.08 Å². The van der Waals surface area contributed by atoms with Crippen LogP contribution in [0.15, 0.2) is 37.4 Å². The van der Waals surface area contributed by atoms with Crippen LogP contribution >= 0.6 is 0 Å². The van der Waals surface area contributed by atoms with E-state index in [1.54, 1.807) is 31.2 Å². The van der Waals surface area contributed by atoms with Crippen molar-refractivity contribution in [1.82, 2.24) is 0 Å². The second-order valence-electron chi connectivity index (χ2n) is 5.07. The predicted octanol–water partition coefficient (Wildman–Crippen LogP) is 5.20. The Morgan fingerprint density at radius 3 is 2.52 bits per heavy atom. The van der Waals surface area contributed by atoms with Gasteiger partial charge in [-0.15, -0.1) is 0 Å². The molecular formula is C18H14F2O. The summed E-state index contributed by atoms with van der Waals surface area (Å²) < 4.78 is 34.2. The van der Waals surface area contributed by atoms with Crippen molar-refractivity contribution >= 4 is 11.6 Å². The van der Waals surface area contributed by atoms with Gasteiger partial charge in [0, 0.05) is 22.3 Å². The number of rotatable bonds is 2. The number of halogens is 2. The zero-order chi connectivity index (χ0) is 15.1. The van der Waals surface area contributed by atoms with E-state index in [0.717, 1.165) is 0 Å². The van der Waals surface area contributed by atoms with Crippen LogP contribution in [0.3, 0.4) is 0 Å². The molecule has 1 aliphatic rings. The third kappa shape index (κ3) is 1.97. The van der Waals surface area contributed by atoms with Crippen LogP contribution in [0.5, 0.6) is 5.75 Å². The fourth-order valence-corrected chi connectivity index (χ4v) is 2.57. The van der Waals surface area contributed by atoms with Crippen molar-refractivity contribution in [2.75, 3.05) is 0 Å². The van der Waals surface area contributed by atoms with Gasteiger partial charge in [0.25, 0.3) is 0 Å². The second-order valence-corrected chi connectivity index (χ2v) is 5.07. The molecule has 0 aliphatic carbocycles. The van der Waals surface area contributed by atoms with E-state index >= 15 is 0 Å². The third-order valence-electron chi connectivity index (χ3n) is 3.70. The van der Waals surface area contributed by atoms with Gasteiger partial charge < -0.3 is 4.74 Å². The smallest absolute Gasteiger partial charge is 0.172 e. The molecule has 1 nitrogen and oxygen atoms in total. The molecule has 0 aromatic heterocycles. The van der Waals surface area contributed by atoms with Gasteiger partial charge >= 0.3 is 0 Å². The van der Waals surface area contributed by atoms with E-state index in [2.05, 4.69) is 13.2 Å². The molecule has 0 N–H and O–H groups in total. The van der Waals surface area contributed by atoms with Gasteiger partial charge in [-0.3, -0.25) is 0 Å². The van der Waals surface area contributed by atoms with Gasteiger partial charge in [0.2, 0.25) is 0 Å². The van der Waals surface area contributed by atoms with Crippen molar-refractivity contribution < 1.29 is 13.5 Å². The number of hydrogen-bond acceptors (Lipinski definition) is 1. The van der Waals surface area contributed by atoms with E-state index in [-0.39, 0.29) is 18.2 Å².